The predicted octanol–water partition coefficient (Wildman–Crippen LogP) is 2.68. The average Bonchev–Trinajstić information content (AvgIpc) is 2.72. The summed E-state index contributed by atoms with van der Waals surface area (Å²) in [7, 11) is -3.89. The van der Waals surface area contributed by atoms with Gasteiger partial charge in [0.1, 0.15) is 6.04 Å². The standard InChI is InChI=1S/C22H27F2N3O3S/c1-16(27(31(2,29)30)19-8-9-20(23)21(24)14-19)22(28)25-11-5-12-26-13-10-17-6-3-4-7-18(17)15-26/h3-4,6-9,14,16H,5,10-13,15H2,1-2H3,(H,25,28)/t16-/m1/s1. The molecule has 2 aromatic carbocycles. The number of benzene rings is 2. The van der Waals surface area contributed by atoms with Gasteiger partial charge >= 0.3 is 0 Å². The van der Waals surface area contributed by atoms with Gasteiger partial charge < -0.3 is 5.32 Å². The summed E-state index contributed by atoms with van der Waals surface area (Å²) < 4.78 is 52.1. The Bertz CT molecular complexity index is 1050. The van der Waals surface area contributed by atoms with E-state index in [2.05, 4.69) is 22.3 Å². The number of carbonyl (C=O) groups excluding carboxylic acids is 1. The van der Waals surface area contributed by atoms with Crippen molar-refractivity contribution in [1.29, 1.82) is 0 Å². The summed E-state index contributed by atoms with van der Waals surface area (Å²) in [5.41, 5.74) is 2.59. The molecular weight excluding hydrogens is 424 g/mol. The summed E-state index contributed by atoms with van der Waals surface area (Å²) >= 11 is 0. The lowest BCUT2D eigenvalue weighted by atomic mass is 10.00. The first-order valence-electron chi connectivity index (χ1n) is 10.2. The highest BCUT2D eigenvalue weighted by Crippen LogP contribution is 2.23. The minimum atomic E-state index is -3.89. The largest absolute Gasteiger partial charge is 0.354 e. The summed E-state index contributed by atoms with van der Waals surface area (Å²) in [6.07, 6.45) is 2.63. The SMILES string of the molecule is C[C@H](C(=O)NCCCN1CCc2ccccc2C1)N(c1ccc(F)c(F)c1)S(C)(=O)=O. The molecule has 31 heavy (non-hydrogen) atoms. The molecular formula is C22H27F2N3O3S. The van der Waals surface area contributed by atoms with Crippen molar-refractivity contribution < 1.29 is 22.0 Å². The van der Waals surface area contributed by atoms with E-state index in [1.165, 1.54) is 18.1 Å². The van der Waals surface area contributed by atoms with E-state index in [-0.39, 0.29) is 5.69 Å². The molecule has 0 spiro atoms. The fourth-order valence-electron chi connectivity index (χ4n) is 3.84. The normalized spacial score (nSPS) is 15.2. The van der Waals surface area contributed by atoms with Gasteiger partial charge in [0.15, 0.2) is 11.6 Å². The molecule has 1 aliphatic heterocycles. The van der Waals surface area contributed by atoms with Gasteiger partial charge in [0.25, 0.3) is 0 Å². The number of nitrogens with one attached hydrogen (secondary N) is 1. The van der Waals surface area contributed by atoms with Crippen molar-refractivity contribution in [3.63, 3.8) is 0 Å². The first-order chi connectivity index (χ1) is 14.7. The van der Waals surface area contributed by atoms with Crippen LogP contribution in [0.2, 0.25) is 0 Å². The van der Waals surface area contributed by atoms with Gasteiger partial charge in [-0.3, -0.25) is 14.0 Å². The molecule has 0 aliphatic carbocycles. The van der Waals surface area contributed by atoms with Crippen LogP contribution >= 0.6 is 0 Å². The van der Waals surface area contributed by atoms with Gasteiger partial charge in [-0.15, -0.1) is 0 Å². The Morgan fingerprint density at radius 1 is 1.16 bits per heavy atom. The van der Waals surface area contributed by atoms with Crippen LogP contribution < -0.4 is 9.62 Å². The lowest BCUT2D eigenvalue weighted by Gasteiger charge is -2.29. The summed E-state index contributed by atoms with van der Waals surface area (Å²) in [6, 6.07) is 9.99. The zero-order valence-corrected chi connectivity index (χ0v) is 18.5. The molecule has 9 heteroatoms. The number of sulfonamides is 1. The van der Waals surface area contributed by atoms with Gasteiger partial charge in [-0.25, -0.2) is 17.2 Å². The van der Waals surface area contributed by atoms with E-state index in [4.69, 9.17) is 0 Å². The van der Waals surface area contributed by atoms with Crippen molar-refractivity contribution in [2.45, 2.75) is 32.4 Å². The molecule has 1 atom stereocenters. The first kappa shape index (κ1) is 23.1. The number of hydrogen-bond donors (Lipinski definition) is 1. The Balaban J connectivity index is 1.54. The van der Waals surface area contributed by atoms with Crippen LogP contribution in [-0.2, 0) is 27.8 Å². The van der Waals surface area contributed by atoms with Crippen LogP contribution in [0.1, 0.15) is 24.5 Å². The highest BCUT2D eigenvalue weighted by molar-refractivity contribution is 7.92. The number of rotatable bonds is 8. The second kappa shape index (κ2) is 9.74. The van der Waals surface area contributed by atoms with Crippen LogP contribution in [0.15, 0.2) is 42.5 Å². The minimum Gasteiger partial charge on any atom is -0.354 e. The first-order valence-corrected chi connectivity index (χ1v) is 12.0. The zero-order valence-electron chi connectivity index (χ0n) is 17.6. The number of carbonyl (C=O) groups is 1. The molecule has 168 valence electrons. The van der Waals surface area contributed by atoms with Gasteiger partial charge in [0, 0.05) is 32.2 Å². The number of hydrogen-bond acceptors (Lipinski definition) is 4. The number of nitrogens with zero attached hydrogens (tertiary/aromatic N) is 2. The third-order valence-electron chi connectivity index (χ3n) is 5.41. The molecule has 0 fully saturated rings. The van der Waals surface area contributed by atoms with Gasteiger partial charge in [-0.1, -0.05) is 24.3 Å². The fourth-order valence-corrected chi connectivity index (χ4v) is 5.00. The smallest absolute Gasteiger partial charge is 0.243 e. The molecule has 1 heterocycles. The maximum atomic E-state index is 13.6. The van der Waals surface area contributed by atoms with Crippen molar-refractivity contribution >= 4 is 21.6 Å². The molecule has 0 bridgehead atoms. The summed E-state index contributed by atoms with van der Waals surface area (Å²) in [5.74, 6) is -2.77. The van der Waals surface area contributed by atoms with Crippen molar-refractivity contribution in [3.8, 4) is 0 Å². The molecule has 0 radical (unpaired) electrons. The molecule has 6 nitrogen and oxygen atoms in total. The quantitative estimate of drug-likeness (QED) is 0.627. The van der Waals surface area contributed by atoms with Crippen LogP contribution in [-0.4, -0.2) is 51.2 Å². The summed E-state index contributed by atoms with van der Waals surface area (Å²) in [4.78, 5) is 14.9. The Kier molecular flexibility index (Phi) is 7.27. The number of halogens is 2. The van der Waals surface area contributed by atoms with Crippen molar-refractivity contribution in [1.82, 2.24) is 10.2 Å². The van der Waals surface area contributed by atoms with Crippen molar-refractivity contribution in [2.75, 3.05) is 30.2 Å². The summed E-state index contributed by atoms with van der Waals surface area (Å²) in [6.45, 7) is 4.44. The zero-order chi connectivity index (χ0) is 22.6. The highest BCUT2D eigenvalue weighted by atomic mass is 32.2. The van der Waals surface area contributed by atoms with Crippen LogP contribution in [0.5, 0.6) is 0 Å². The van der Waals surface area contributed by atoms with E-state index < -0.39 is 33.6 Å². The number of fused-ring (bicyclic) bond motifs is 1. The maximum Gasteiger partial charge on any atom is 0.243 e. The fraction of sp³-hybridized carbons (Fsp3) is 0.409. The lowest BCUT2D eigenvalue weighted by molar-refractivity contribution is -0.121. The summed E-state index contributed by atoms with van der Waals surface area (Å²) in [5, 5.41) is 2.75. The van der Waals surface area contributed by atoms with E-state index in [0.29, 0.717) is 13.0 Å². The molecule has 2 aromatic rings. The maximum absolute atomic E-state index is 13.6. The van der Waals surface area contributed by atoms with Gasteiger partial charge in [-0.2, -0.15) is 0 Å². The Morgan fingerprint density at radius 2 is 1.87 bits per heavy atom. The monoisotopic (exact) mass is 451 g/mol. The molecule has 0 aromatic heterocycles. The second-order valence-electron chi connectivity index (χ2n) is 7.77. The molecule has 1 N–H and O–H groups in total. The van der Waals surface area contributed by atoms with E-state index >= 15 is 0 Å². The lowest BCUT2D eigenvalue weighted by Crippen LogP contribution is -2.48. The van der Waals surface area contributed by atoms with E-state index in [1.807, 2.05) is 12.1 Å². The molecule has 1 aliphatic rings. The number of amides is 1. The van der Waals surface area contributed by atoms with Crippen LogP contribution in [0, 0.1) is 11.6 Å². The van der Waals surface area contributed by atoms with Gasteiger partial charge in [-0.05, 0) is 43.0 Å². The third kappa shape index (κ3) is 5.80. The van der Waals surface area contributed by atoms with Crippen LogP contribution in [0.25, 0.3) is 0 Å². The minimum absolute atomic E-state index is 0.101. The second-order valence-corrected chi connectivity index (χ2v) is 9.63. The van der Waals surface area contributed by atoms with Gasteiger partial charge in [0.05, 0.1) is 11.9 Å². The van der Waals surface area contributed by atoms with Crippen molar-refractivity contribution in [2.24, 2.45) is 0 Å². The Morgan fingerprint density at radius 3 is 2.55 bits per heavy atom. The third-order valence-corrected chi connectivity index (χ3v) is 6.65. The topological polar surface area (TPSA) is 69.7 Å². The predicted molar refractivity (Wildman–Crippen MR) is 116 cm³/mol. The Hall–Kier alpha value is -2.52. The average molecular weight is 452 g/mol. The Labute approximate surface area is 181 Å². The molecule has 0 unspecified atom stereocenters. The molecule has 0 saturated heterocycles. The highest BCUT2D eigenvalue weighted by Gasteiger charge is 2.29. The van der Waals surface area contributed by atoms with Crippen LogP contribution in [0.3, 0.4) is 0 Å². The number of anilines is 1. The van der Waals surface area contributed by atoms with Crippen LogP contribution in [0.4, 0.5) is 14.5 Å². The molecule has 3 rings (SSSR count). The van der Waals surface area contributed by atoms with E-state index in [0.717, 1.165) is 54.8 Å². The van der Waals surface area contributed by atoms with E-state index in [1.54, 1.807) is 0 Å². The van der Waals surface area contributed by atoms with Crippen molar-refractivity contribution in [3.05, 3.63) is 65.2 Å². The van der Waals surface area contributed by atoms with Gasteiger partial charge in [0.2, 0.25) is 15.9 Å². The van der Waals surface area contributed by atoms with E-state index in [9.17, 15) is 22.0 Å². The molecule has 1 amide bonds. The molecule has 0 saturated carbocycles.